The van der Waals surface area contributed by atoms with E-state index < -0.39 is 6.10 Å². The molecule has 0 aromatic rings. The van der Waals surface area contributed by atoms with Gasteiger partial charge in [0.2, 0.25) is 0 Å². The maximum atomic E-state index is 12.9. The van der Waals surface area contributed by atoms with Gasteiger partial charge in [-0.25, -0.2) is 0 Å². The number of allylic oxidation sites excluding steroid dienone is 14. The van der Waals surface area contributed by atoms with E-state index in [1.165, 1.54) is 173 Å². The average molecular weight is 1050 g/mol. The summed E-state index contributed by atoms with van der Waals surface area (Å²) in [7, 11) is 0. The molecule has 1 unspecified atom stereocenters. The van der Waals surface area contributed by atoms with Crippen LogP contribution in [0.15, 0.2) is 85.1 Å². The fourth-order valence-corrected chi connectivity index (χ4v) is 9.05. The van der Waals surface area contributed by atoms with E-state index in [4.69, 9.17) is 14.2 Å². The highest BCUT2D eigenvalue weighted by Gasteiger charge is 2.19. The quantitative estimate of drug-likeness (QED) is 0.0261. The standard InChI is InChI=1S/C69H120O6/c1-4-7-10-13-16-19-22-25-28-30-32-34-36-38-41-44-47-50-53-56-59-62-68(71)74-65-66(64-73-67(70)61-58-55-52-49-46-43-40-27-24-21-18-15-12-9-6-3)75-69(72)63-60-57-54-51-48-45-42-39-37-35-33-31-29-26-23-20-17-14-11-8-5-2/h7,10,16,19,23,25-28,31-34,40,66H,4-6,8-9,11-15,17-18,20-22,24,29-30,35-39,41-65H2,1-3H3/b10-7-,19-16-,26-23-,28-25-,33-31-,34-32-,40-27-. The third-order valence-electron chi connectivity index (χ3n) is 13.9. The van der Waals surface area contributed by atoms with Gasteiger partial charge in [-0.3, -0.25) is 14.4 Å². The van der Waals surface area contributed by atoms with Gasteiger partial charge in [0, 0.05) is 19.3 Å². The number of carbonyl (C=O) groups is 3. The molecule has 0 rings (SSSR count). The molecule has 1 atom stereocenters. The summed E-state index contributed by atoms with van der Waals surface area (Å²) in [6.07, 6.45) is 82.9. The number of carbonyl (C=O) groups excluding carboxylic acids is 3. The van der Waals surface area contributed by atoms with Crippen molar-refractivity contribution in [2.75, 3.05) is 13.2 Å². The molecule has 0 amide bonds. The van der Waals surface area contributed by atoms with Crippen LogP contribution in [0.4, 0.5) is 0 Å². The molecule has 0 spiro atoms. The first-order chi connectivity index (χ1) is 37.0. The smallest absolute Gasteiger partial charge is 0.306 e. The van der Waals surface area contributed by atoms with Crippen LogP contribution in [-0.4, -0.2) is 37.2 Å². The van der Waals surface area contributed by atoms with Crippen molar-refractivity contribution >= 4 is 17.9 Å². The van der Waals surface area contributed by atoms with Gasteiger partial charge in [-0.2, -0.15) is 0 Å². The molecule has 0 heterocycles. The fourth-order valence-electron chi connectivity index (χ4n) is 9.05. The molecule has 0 saturated heterocycles. The predicted molar refractivity (Wildman–Crippen MR) is 325 cm³/mol. The van der Waals surface area contributed by atoms with Crippen LogP contribution in [0.25, 0.3) is 0 Å². The summed E-state index contributed by atoms with van der Waals surface area (Å²) in [5.41, 5.74) is 0. The number of esters is 3. The summed E-state index contributed by atoms with van der Waals surface area (Å²) in [5, 5.41) is 0. The third kappa shape index (κ3) is 61.3. The van der Waals surface area contributed by atoms with Crippen LogP contribution in [0, 0.1) is 0 Å². The highest BCUT2D eigenvalue weighted by Crippen LogP contribution is 2.16. The Morgan fingerprint density at radius 2 is 0.520 bits per heavy atom. The Morgan fingerprint density at radius 3 is 0.827 bits per heavy atom. The minimum absolute atomic E-state index is 0.0840. The Hall–Kier alpha value is -3.41. The molecular formula is C69H120O6. The lowest BCUT2D eigenvalue weighted by Gasteiger charge is -2.18. The van der Waals surface area contributed by atoms with Crippen LogP contribution in [-0.2, 0) is 28.6 Å². The van der Waals surface area contributed by atoms with Gasteiger partial charge in [0.25, 0.3) is 0 Å². The van der Waals surface area contributed by atoms with Gasteiger partial charge in [0.05, 0.1) is 0 Å². The van der Waals surface area contributed by atoms with Gasteiger partial charge in [-0.05, 0) is 116 Å². The van der Waals surface area contributed by atoms with E-state index in [0.717, 1.165) is 103 Å². The topological polar surface area (TPSA) is 78.9 Å². The molecule has 0 aliphatic heterocycles. The molecule has 0 fully saturated rings. The summed E-state index contributed by atoms with van der Waals surface area (Å²) in [6.45, 7) is 6.53. The molecular weight excluding hydrogens is 925 g/mol. The second-order valence-electron chi connectivity index (χ2n) is 21.3. The van der Waals surface area contributed by atoms with E-state index in [9.17, 15) is 14.4 Å². The normalized spacial score (nSPS) is 12.6. The maximum absolute atomic E-state index is 12.9. The molecule has 0 aromatic carbocycles. The lowest BCUT2D eigenvalue weighted by molar-refractivity contribution is -0.167. The van der Waals surface area contributed by atoms with Crippen molar-refractivity contribution in [1.29, 1.82) is 0 Å². The van der Waals surface area contributed by atoms with Crippen LogP contribution in [0.2, 0.25) is 0 Å². The van der Waals surface area contributed by atoms with Crippen molar-refractivity contribution in [1.82, 2.24) is 0 Å². The Labute approximate surface area is 465 Å². The molecule has 6 nitrogen and oxygen atoms in total. The first-order valence-electron chi connectivity index (χ1n) is 32.1. The molecule has 0 bridgehead atoms. The maximum Gasteiger partial charge on any atom is 0.306 e. The van der Waals surface area contributed by atoms with E-state index in [0.29, 0.717) is 19.3 Å². The van der Waals surface area contributed by atoms with Crippen molar-refractivity contribution in [3.63, 3.8) is 0 Å². The summed E-state index contributed by atoms with van der Waals surface area (Å²) >= 11 is 0. The third-order valence-corrected chi connectivity index (χ3v) is 13.9. The minimum atomic E-state index is -0.787. The van der Waals surface area contributed by atoms with E-state index >= 15 is 0 Å². The molecule has 0 radical (unpaired) electrons. The zero-order chi connectivity index (χ0) is 54.3. The van der Waals surface area contributed by atoms with Crippen molar-refractivity contribution in [2.45, 2.75) is 322 Å². The summed E-state index contributed by atoms with van der Waals surface area (Å²) in [5.74, 6) is -0.892. The van der Waals surface area contributed by atoms with Gasteiger partial charge >= 0.3 is 17.9 Å². The van der Waals surface area contributed by atoms with Crippen molar-refractivity contribution < 1.29 is 28.6 Å². The first-order valence-corrected chi connectivity index (χ1v) is 32.1. The zero-order valence-electron chi connectivity index (χ0n) is 49.6. The zero-order valence-corrected chi connectivity index (χ0v) is 49.6. The average Bonchev–Trinajstić information content (AvgIpc) is 3.41. The van der Waals surface area contributed by atoms with E-state index in [1.54, 1.807) is 0 Å². The molecule has 0 N–H and O–H groups in total. The van der Waals surface area contributed by atoms with Crippen molar-refractivity contribution in [2.24, 2.45) is 0 Å². The second kappa shape index (κ2) is 63.1. The molecule has 0 aliphatic carbocycles. The molecule has 0 saturated carbocycles. The minimum Gasteiger partial charge on any atom is -0.462 e. The Bertz CT molecular complexity index is 1430. The van der Waals surface area contributed by atoms with Crippen molar-refractivity contribution in [3.8, 4) is 0 Å². The summed E-state index contributed by atoms with van der Waals surface area (Å²) in [4.78, 5) is 38.3. The van der Waals surface area contributed by atoms with Gasteiger partial charge in [0.15, 0.2) is 6.10 Å². The number of hydrogen-bond donors (Lipinski definition) is 0. The molecule has 432 valence electrons. The second-order valence-corrected chi connectivity index (χ2v) is 21.3. The van der Waals surface area contributed by atoms with Crippen LogP contribution in [0.3, 0.4) is 0 Å². The number of ether oxygens (including phenoxy) is 3. The van der Waals surface area contributed by atoms with E-state index in [1.807, 2.05) is 0 Å². The van der Waals surface area contributed by atoms with Crippen LogP contribution < -0.4 is 0 Å². The van der Waals surface area contributed by atoms with Gasteiger partial charge in [-0.15, -0.1) is 0 Å². The Kier molecular flexibility index (Phi) is 60.3. The lowest BCUT2D eigenvalue weighted by Crippen LogP contribution is -2.30. The molecule has 6 heteroatoms. The molecule has 0 aromatic heterocycles. The van der Waals surface area contributed by atoms with Gasteiger partial charge in [-0.1, -0.05) is 266 Å². The van der Waals surface area contributed by atoms with E-state index in [-0.39, 0.29) is 31.1 Å². The van der Waals surface area contributed by atoms with Gasteiger partial charge < -0.3 is 14.2 Å². The molecule has 75 heavy (non-hydrogen) atoms. The summed E-state index contributed by atoms with van der Waals surface area (Å²) < 4.78 is 16.9. The summed E-state index contributed by atoms with van der Waals surface area (Å²) in [6, 6.07) is 0. The predicted octanol–water partition coefficient (Wildman–Crippen LogP) is 21.9. The lowest BCUT2D eigenvalue weighted by atomic mass is 10.1. The number of unbranched alkanes of at least 4 members (excludes halogenated alkanes) is 33. The Morgan fingerprint density at radius 1 is 0.280 bits per heavy atom. The molecule has 0 aliphatic rings. The largest absolute Gasteiger partial charge is 0.462 e. The van der Waals surface area contributed by atoms with E-state index in [2.05, 4.69) is 106 Å². The van der Waals surface area contributed by atoms with Gasteiger partial charge in [0.1, 0.15) is 13.2 Å². The fraction of sp³-hybridized carbons (Fsp3) is 0.754. The highest BCUT2D eigenvalue weighted by molar-refractivity contribution is 5.71. The highest BCUT2D eigenvalue weighted by atomic mass is 16.6. The number of hydrogen-bond acceptors (Lipinski definition) is 6. The number of rotatable bonds is 58. The monoisotopic (exact) mass is 1040 g/mol. The SMILES string of the molecule is CC/C=C\C/C=C\C/C=C\C/C=C\CCCCCCCCCCC(=O)OCC(COC(=O)CCCCCCC/C=C\CCCCCCCC)OC(=O)CCCCCCCCCCC/C=C\C/C=C\CCCCCCC. The first kappa shape index (κ1) is 71.6. The van der Waals surface area contributed by atoms with Crippen LogP contribution >= 0.6 is 0 Å². The van der Waals surface area contributed by atoms with Crippen molar-refractivity contribution in [3.05, 3.63) is 85.1 Å². The van der Waals surface area contributed by atoms with Crippen LogP contribution in [0.1, 0.15) is 316 Å². The Balaban J connectivity index is 4.39. The van der Waals surface area contributed by atoms with Crippen LogP contribution in [0.5, 0.6) is 0 Å².